The van der Waals surface area contributed by atoms with E-state index in [-0.39, 0.29) is 12.0 Å². The molecule has 5 heteroatoms. The van der Waals surface area contributed by atoms with Gasteiger partial charge >= 0.3 is 5.97 Å². The molecular weight excluding hydrogens is 344 g/mol. The lowest BCUT2D eigenvalue weighted by Gasteiger charge is -2.38. The normalized spacial score (nSPS) is 17.2. The van der Waals surface area contributed by atoms with Gasteiger partial charge in [-0.15, -0.1) is 0 Å². The second kappa shape index (κ2) is 7.30. The summed E-state index contributed by atoms with van der Waals surface area (Å²) < 4.78 is 5.09. The number of nitrogens with zero attached hydrogens (tertiary/aromatic N) is 1. The van der Waals surface area contributed by atoms with Gasteiger partial charge in [-0.1, -0.05) is 42.0 Å². The summed E-state index contributed by atoms with van der Waals surface area (Å²) >= 11 is 5.64. The molecule has 26 heavy (non-hydrogen) atoms. The summed E-state index contributed by atoms with van der Waals surface area (Å²) in [5, 5.41) is 3.91. The Morgan fingerprint density at radius 3 is 2.46 bits per heavy atom. The van der Waals surface area contributed by atoms with Crippen LogP contribution in [0, 0.1) is 13.8 Å². The molecule has 2 aromatic rings. The lowest BCUT2D eigenvalue weighted by molar-refractivity contribution is -0.136. The van der Waals surface area contributed by atoms with Crippen molar-refractivity contribution >= 4 is 29.0 Å². The van der Waals surface area contributed by atoms with E-state index in [1.165, 1.54) is 7.11 Å². The maximum atomic E-state index is 12.7. The summed E-state index contributed by atoms with van der Waals surface area (Å²) in [6, 6.07) is 15.6. The van der Waals surface area contributed by atoms with Crippen molar-refractivity contribution < 1.29 is 9.53 Å². The first-order valence-electron chi connectivity index (χ1n) is 8.46. The highest BCUT2D eigenvalue weighted by Gasteiger charge is 2.35. The molecule has 0 radical (unpaired) electrons. The third-order valence-electron chi connectivity index (χ3n) is 4.65. The van der Waals surface area contributed by atoms with E-state index >= 15 is 0 Å². The van der Waals surface area contributed by atoms with Gasteiger partial charge in [-0.3, -0.25) is 4.90 Å². The van der Waals surface area contributed by atoms with Crippen molar-refractivity contribution in [1.29, 1.82) is 0 Å². The van der Waals surface area contributed by atoms with Crippen molar-refractivity contribution in [3.8, 4) is 0 Å². The summed E-state index contributed by atoms with van der Waals surface area (Å²) in [4.78, 5) is 14.5. The predicted octanol–water partition coefficient (Wildman–Crippen LogP) is 4.19. The average molecular weight is 366 g/mol. The summed E-state index contributed by atoms with van der Waals surface area (Å²) in [6.07, 6.45) is 0. The zero-order valence-corrected chi connectivity index (χ0v) is 16.2. The SMILES string of the molecule is COC(=O)C1=C(C)N(c2ccccc2)C(=S)N[C@H]1c1cc(C)ccc1C. The largest absolute Gasteiger partial charge is 0.466 e. The Hall–Kier alpha value is -2.66. The number of benzene rings is 2. The Morgan fingerprint density at radius 1 is 1.12 bits per heavy atom. The summed E-state index contributed by atoms with van der Waals surface area (Å²) in [6.45, 7) is 5.98. The molecule has 0 bridgehead atoms. The topological polar surface area (TPSA) is 41.6 Å². The zero-order chi connectivity index (χ0) is 18.8. The van der Waals surface area contributed by atoms with E-state index in [4.69, 9.17) is 17.0 Å². The van der Waals surface area contributed by atoms with Gasteiger partial charge in [0, 0.05) is 11.4 Å². The first-order chi connectivity index (χ1) is 12.4. The molecule has 0 aromatic heterocycles. The van der Waals surface area contributed by atoms with E-state index in [1.807, 2.05) is 56.0 Å². The minimum Gasteiger partial charge on any atom is -0.466 e. The lowest BCUT2D eigenvalue weighted by atomic mass is 9.91. The summed E-state index contributed by atoms with van der Waals surface area (Å²) in [5.74, 6) is -0.357. The first-order valence-corrected chi connectivity index (χ1v) is 8.86. The number of para-hydroxylation sites is 1. The van der Waals surface area contributed by atoms with Crippen LogP contribution < -0.4 is 10.2 Å². The highest BCUT2D eigenvalue weighted by molar-refractivity contribution is 7.80. The number of carbonyl (C=O) groups is 1. The van der Waals surface area contributed by atoms with Gasteiger partial charge in [-0.25, -0.2) is 4.79 Å². The van der Waals surface area contributed by atoms with E-state index in [1.54, 1.807) is 0 Å². The van der Waals surface area contributed by atoms with Crippen LogP contribution in [0.2, 0.25) is 0 Å². The van der Waals surface area contributed by atoms with Crippen molar-refractivity contribution in [2.75, 3.05) is 12.0 Å². The number of esters is 1. The molecule has 0 amide bonds. The van der Waals surface area contributed by atoms with Gasteiger partial charge in [0.05, 0.1) is 18.7 Å². The molecule has 0 fully saturated rings. The fourth-order valence-corrected chi connectivity index (χ4v) is 3.67. The van der Waals surface area contributed by atoms with Gasteiger partial charge < -0.3 is 10.1 Å². The number of ether oxygens (including phenoxy) is 1. The molecule has 1 aliphatic heterocycles. The zero-order valence-electron chi connectivity index (χ0n) is 15.4. The van der Waals surface area contributed by atoms with E-state index in [9.17, 15) is 4.79 Å². The average Bonchev–Trinajstić information content (AvgIpc) is 2.63. The number of anilines is 1. The molecule has 0 spiro atoms. The number of carbonyl (C=O) groups excluding carboxylic acids is 1. The standard InChI is InChI=1S/C21H22N2O2S/c1-13-10-11-14(2)17(12-13)19-18(20(24)25-4)15(3)23(21(26)22-19)16-8-6-5-7-9-16/h5-12,19H,1-4H3,(H,22,26)/t19-/m0/s1. The molecule has 1 aliphatic rings. The lowest BCUT2D eigenvalue weighted by Crippen LogP contribution is -2.48. The van der Waals surface area contributed by atoms with Gasteiger partial charge in [0.25, 0.3) is 0 Å². The van der Waals surface area contributed by atoms with Crippen LogP contribution in [0.4, 0.5) is 5.69 Å². The van der Waals surface area contributed by atoms with Crippen molar-refractivity contribution in [1.82, 2.24) is 5.32 Å². The quantitative estimate of drug-likeness (QED) is 0.652. The monoisotopic (exact) mass is 366 g/mol. The Bertz CT molecular complexity index is 890. The van der Waals surface area contributed by atoms with Gasteiger partial charge in [0.15, 0.2) is 5.11 Å². The van der Waals surface area contributed by atoms with Gasteiger partial charge in [-0.05, 0) is 56.2 Å². The molecule has 134 valence electrons. The molecule has 0 saturated carbocycles. The van der Waals surface area contributed by atoms with E-state index in [2.05, 4.69) is 23.5 Å². The molecule has 2 aromatic carbocycles. The molecule has 1 N–H and O–H groups in total. The molecule has 0 saturated heterocycles. The van der Waals surface area contributed by atoms with E-state index in [0.29, 0.717) is 10.7 Å². The Labute approximate surface area is 159 Å². The van der Waals surface area contributed by atoms with Crippen LogP contribution in [-0.2, 0) is 9.53 Å². The minimum absolute atomic E-state index is 0.338. The van der Waals surface area contributed by atoms with Gasteiger partial charge in [0.1, 0.15) is 0 Å². The van der Waals surface area contributed by atoms with Crippen LogP contribution in [0.15, 0.2) is 59.8 Å². The number of methoxy groups -OCH3 is 1. The maximum absolute atomic E-state index is 12.7. The van der Waals surface area contributed by atoms with Crippen molar-refractivity contribution in [3.05, 3.63) is 76.5 Å². The predicted molar refractivity (Wildman–Crippen MR) is 108 cm³/mol. The third-order valence-corrected chi connectivity index (χ3v) is 4.95. The van der Waals surface area contributed by atoms with Crippen LogP contribution >= 0.6 is 12.2 Å². The Morgan fingerprint density at radius 2 is 1.81 bits per heavy atom. The maximum Gasteiger partial charge on any atom is 0.337 e. The molecule has 0 aliphatic carbocycles. The van der Waals surface area contributed by atoms with Crippen LogP contribution in [0.1, 0.15) is 29.7 Å². The molecule has 1 atom stereocenters. The molecule has 0 unspecified atom stereocenters. The Kier molecular flexibility index (Phi) is 5.09. The van der Waals surface area contributed by atoms with Crippen LogP contribution in [0.25, 0.3) is 0 Å². The van der Waals surface area contributed by atoms with E-state index in [0.717, 1.165) is 28.1 Å². The number of rotatable bonds is 3. The van der Waals surface area contributed by atoms with Gasteiger partial charge in [-0.2, -0.15) is 0 Å². The smallest absolute Gasteiger partial charge is 0.337 e. The van der Waals surface area contributed by atoms with Crippen LogP contribution in [0.3, 0.4) is 0 Å². The molecule has 3 rings (SSSR count). The first kappa shape index (κ1) is 18.1. The van der Waals surface area contributed by atoms with E-state index < -0.39 is 0 Å². The number of nitrogens with one attached hydrogen (secondary N) is 1. The minimum atomic E-state index is -0.357. The second-order valence-electron chi connectivity index (χ2n) is 6.40. The summed E-state index contributed by atoms with van der Waals surface area (Å²) in [5.41, 5.74) is 5.50. The van der Waals surface area contributed by atoms with Crippen LogP contribution in [-0.4, -0.2) is 18.2 Å². The molecule has 4 nitrogen and oxygen atoms in total. The number of allylic oxidation sites excluding steroid dienone is 1. The molecule has 1 heterocycles. The molecular formula is C21H22N2O2S. The van der Waals surface area contributed by atoms with Crippen molar-refractivity contribution in [2.24, 2.45) is 0 Å². The van der Waals surface area contributed by atoms with Crippen LogP contribution in [0.5, 0.6) is 0 Å². The highest BCUT2D eigenvalue weighted by atomic mass is 32.1. The Balaban J connectivity index is 2.18. The fourth-order valence-electron chi connectivity index (χ4n) is 3.31. The highest BCUT2D eigenvalue weighted by Crippen LogP contribution is 2.35. The number of hydrogen-bond donors (Lipinski definition) is 1. The number of hydrogen-bond acceptors (Lipinski definition) is 3. The number of aryl methyl sites for hydroxylation is 2. The number of thiocarbonyl (C=S) groups is 1. The van der Waals surface area contributed by atoms with Crippen molar-refractivity contribution in [3.63, 3.8) is 0 Å². The second-order valence-corrected chi connectivity index (χ2v) is 6.79. The van der Waals surface area contributed by atoms with Gasteiger partial charge in [0.2, 0.25) is 0 Å². The third kappa shape index (κ3) is 3.22. The summed E-state index contributed by atoms with van der Waals surface area (Å²) in [7, 11) is 1.41. The fraction of sp³-hybridized carbons (Fsp3) is 0.238. The van der Waals surface area contributed by atoms with Crippen molar-refractivity contribution in [2.45, 2.75) is 26.8 Å².